The number of rotatable bonds is 6. The van der Waals surface area contributed by atoms with Gasteiger partial charge in [0, 0.05) is 23.7 Å². The van der Waals surface area contributed by atoms with Crippen LogP contribution in [0.5, 0.6) is 11.5 Å². The summed E-state index contributed by atoms with van der Waals surface area (Å²) in [5.41, 5.74) is 1.52. The van der Waals surface area contributed by atoms with Crippen molar-refractivity contribution < 1.29 is 14.6 Å². The summed E-state index contributed by atoms with van der Waals surface area (Å²) in [6, 6.07) is 11.9. The number of benzene rings is 2. The van der Waals surface area contributed by atoms with Crippen molar-refractivity contribution in [2.75, 3.05) is 13.7 Å². The maximum Gasteiger partial charge on any atom is 0.251 e. The molecule has 2 aromatic carbocycles. The van der Waals surface area contributed by atoms with Crippen molar-refractivity contribution >= 4 is 5.91 Å². The first-order chi connectivity index (χ1) is 12.6. The lowest BCUT2D eigenvalue weighted by Crippen LogP contribution is -2.24. The number of ether oxygens (including phenoxy) is 1. The number of carbonyl (C=O) groups is 1. The molecule has 6 nitrogen and oxygen atoms in total. The van der Waals surface area contributed by atoms with Crippen LogP contribution in [0.4, 0.5) is 0 Å². The molecule has 0 atom stereocenters. The summed E-state index contributed by atoms with van der Waals surface area (Å²) in [6.45, 7) is 2.66. The second-order valence-corrected chi connectivity index (χ2v) is 5.64. The maximum absolute atomic E-state index is 12.1. The lowest BCUT2D eigenvalue weighted by Gasteiger charge is -2.12. The Morgan fingerprint density at radius 2 is 1.92 bits per heavy atom. The Labute approximate surface area is 152 Å². The number of hydrogen-bond acceptors (Lipinski definition) is 5. The molecule has 0 unspecified atom stereocenters. The second-order valence-electron chi connectivity index (χ2n) is 5.64. The molecule has 132 valence electrons. The van der Waals surface area contributed by atoms with Crippen LogP contribution in [0.2, 0.25) is 0 Å². The van der Waals surface area contributed by atoms with Gasteiger partial charge in [-0.05, 0) is 24.1 Å². The van der Waals surface area contributed by atoms with Gasteiger partial charge in [0.25, 0.3) is 5.91 Å². The zero-order valence-electron chi connectivity index (χ0n) is 14.7. The number of methoxy groups -OCH3 is 1. The Bertz CT molecular complexity index is 890. The van der Waals surface area contributed by atoms with Crippen LogP contribution in [0.25, 0.3) is 11.1 Å². The van der Waals surface area contributed by atoms with Gasteiger partial charge in [0.2, 0.25) is 0 Å². The van der Waals surface area contributed by atoms with Gasteiger partial charge in [-0.15, -0.1) is 0 Å². The second kappa shape index (κ2) is 8.55. The van der Waals surface area contributed by atoms with Crippen LogP contribution in [-0.2, 0) is 0 Å². The first kappa shape index (κ1) is 18.8. The van der Waals surface area contributed by atoms with Gasteiger partial charge in [-0.1, -0.05) is 25.5 Å². The zero-order chi connectivity index (χ0) is 19.1. The van der Waals surface area contributed by atoms with Gasteiger partial charge in [-0.2, -0.15) is 10.5 Å². The smallest absolute Gasteiger partial charge is 0.251 e. The van der Waals surface area contributed by atoms with Crippen LogP contribution in [0.3, 0.4) is 0 Å². The molecule has 0 aliphatic heterocycles. The number of phenolic OH excluding ortho intramolecular Hbond substituents is 1. The molecule has 2 N–H and O–H groups in total. The Balaban J connectivity index is 2.43. The molecule has 0 spiro atoms. The third kappa shape index (κ3) is 3.76. The van der Waals surface area contributed by atoms with E-state index in [0.29, 0.717) is 23.2 Å². The molecule has 2 aromatic rings. The highest BCUT2D eigenvalue weighted by Gasteiger charge is 2.20. The lowest BCUT2D eigenvalue weighted by molar-refractivity contribution is 0.0953. The first-order valence-corrected chi connectivity index (χ1v) is 8.20. The van der Waals surface area contributed by atoms with Crippen molar-refractivity contribution in [3.63, 3.8) is 0 Å². The van der Waals surface area contributed by atoms with Crippen molar-refractivity contribution in [1.29, 1.82) is 10.5 Å². The Morgan fingerprint density at radius 1 is 1.23 bits per heavy atom. The highest BCUT2D eigenvalue weighted by atomic mass is 16.5. The molecule has 2 rings (SSSR count). The number of nitrogens with one attached hydrogen (secondary N) is 1. The van der Waals surface area contributed by atoms with E-state index in [0.717, 1.165) is 12.8 Å². The molecule has 0 bridgehead atoms. The zero-order valence-corrected chi connectivity index (χ0v) is 14.7. The van der Waals surface area contributed by atoms with E-state index in [4.69, 9.17) is 4.74 Å². The summed E-state index contributed by atoms with van der Waals surface area (Å²) in [5, 5.41) is 31.9. The topological polar surface area (TPSA) is 106 Å². The Morgan fingerprint density at radius 3 is 2.46 bits per heavy atom. The highest BCUT2D eigenvalue weighted by Crippen LogP contribution is 2.39. The highest BCUT2D eigenvalue weighted by molar-refractivity contribution is 5.95. The minimum atomic E-state index is -0.314. The average molecular weight is 349 g/mol. The molecule has 1 amide bonds. The van der Waals surface area contributed by atoms with E-state index in [1.54, 1.807) is 24.3 Å². The first-order valence-electron chi connectivity index (χ1n) is 8.20. The number of carbonyl (C=O) groups excluding carboxylic acids is 1. The molecule has 0 fully saturated rings. The van der Waals surface area contributed by atoms with Crippen molar-refractivity contribution in [1.82, 2.24) is 5.32 Å². The van der Waals surface area contributed by atoms with E-state index in [9.17, 15) is 20.4 Å². The normalized spacial score (nSPS) is 9.85. The molecule has 0 aromatic heterocycles. The fourth-order valence-corrected chi connectivity index (χ4v) is 2.57. The molecule has 0 saturated heterocycles. The van der Waals surface area contributed by atoms with Gasteiger partial charge in [0.1, 0.15) is 11.6 Å². The maximum atomic E-state index is 12.1. The van der Waals surface area contributed by atoms with Gasteiger partial charge in [0.15, 0.2) is 11.5 Å². The molecule has 26 heavy (non-hydrogen) atoms. The number of nitriles is 2. The van der Waals surface area contributed by atoms with Crippen molar-refractivity contribution in [3.05, 3.63) is 47.0 Å². The van der Waals surface area contributed by atoms with Crippen LogP contribution in [0.1, 0.15) is 41.3 Å². The van der Waals surface area contributed by atoms with Crippen LogP contribution < -0.4 is 10.1 Å². The lowest BCUT2D eigenvalue weighted by atomic mass is 9.93. The number of unbranched alkanes of at least 4 members (excludes halogenated alkanes) is 1. The quantitative estimate of drug-likeness (QED) is 0.778. The van der Waals surface area contributed by atoms with Crippen LogP contribution in [0, 0.1) is 22.7 Å². The van der Waals surface area contributed by atoms with Gasteiger partial charge in [0.05, 0.1) is 18.7 Å². The summed E-state index contributed by atoms with van der Waals surface area (Å²) in [6.07, 6.45) is 1.90. The van der Waals surface area contributed by atoms with E-state index in [1.165, 1.54) is 13.2 Å². The third-order valence-corrected chi connectivity index (χ3v) is 3.97. The number of aromatic hydroxyl groups is 1. The summed E-state index contributed by atoms with van der Waals surface area (Å²) in [4.78, 5) is 12.1. The molecular weight excluding hydrogens is 330 g/mol. The van der Waals surface area contributed by atoms with Gasteiger partial charge < -0.3 is 15.2 Å². The SMILES string of the molecule is CCCCNC(=O)c1ccc(-c2c(C#N)cc(OC)c(O)c2C#N)cc1. The number of hydrogen-bond donors (Lipinski definition) is 2. The van der Waals surface area contributed by atoms with E-state index in [2.05, 4.69) is 5.32 Å². The van der Waals surface area contributed by atoms with Crippen molar-refractivity contribution in [3.8, 4) is 34.8 Å². The Hall–Kier alpha value is -3.51. The third-order valence-electron chi connectivity index (χ3n) is 3.97. The minimum absolute atomic E-state index is 0.0407. The fourth-order valence-electron chi connectivity index (χ4n) is 2.57. The Kier molecular flexibility index (Phi) is 6.19. The molecule has 0 aliphatic rings. The molecule has 0 heterocycles. The molecule has 6 heteroatoms. The summed E-state index contributed by atoms with van der Waals surface area (Å²) >= 11 is 0. The fraction of sp³-hybridized carbons (Fsp3) is 0.250. The van der Waals surface area contributed by atoms with E-state index in [-0.39, 0.29) is 28.5 Å². The van der Waals surface area contributed by atoms with E-state index < -0.39 is 0 Å². The van der Waals surface area contributed by atoms with E-state index >= 15 is 0 Å². The molecule has 0 radical (unpaired) electrons. The predicted octanol–water partition coefficient (Wildman–Crippen LogP) is 3.34. The van der Waals surface area contributed by atoms with Crippen molar-refractivity contribution in [2.24, 2.45) is 0 Å². The minimum Gasteiger partial charge on any atom is -0.503 e. The molecule has 0 saturated carbocycles. The molecule has 0 aliphatic carbocycles. The van der Waals surface area contributed by atoms with Gasteiger partial charge in [-0.3, -0.25) is 4.79 Å². The number of phenols is 1. The predicted molar refractivity (Wildman–Crippen MR) is 96.8 cm³/mol. The number of amides is 1. The van der Waals surface area contributed by atoms with Crippen LogP contribution >= 0.6 is 0 Å². The largest absolute Gasteiger partial charge is 0.503 e. The van der Waals surface area contributed by atoms with Crippen LogP contribution in [0.15, 0.2) is 30.3 Å². The van der Waals surface area contributed by atoms with Crippen molar-refractivity contribution in [2.45, 2.75) is 19.8 Å². The van der Waals surface area contributed by atoms with Gasteiger partial charge in [-0.25, -0.2) is 0 Å². The molecular formula is C20H19N3O3. The number of nitrogens with zero attached hydrogens (tertiary/aromatic N) is 2. The monoisotopic (exact) mass is 349 g/mol. The summed E-state index contributed by atoms with van der Waals surface area (Å²) < 4.78 is 5.01. The summed E-state index contributed by atoms with van der Waals surface area (Å²) in [5.74, 6) is -0.428. The van der Waals surface area contributed by atoms with Crippen LogP contribution in [-0.4, -0.2) is 24.7 Å². The standard InChI is InChI=1S/C20H19N3O3/c1-3-4-9-23-20(25)14-7-5-13(6-8-14)18-15(11-21)10-17(26-2)19(24)16(18)12-22/h5-8,10,24H,3-4,9H2,1-2H3,(H,23,25). The van der Waals surface area contributed by atoms with Gasteiger partial charge >= 0.3 is 0 Å². The van der Waals surface area contributed by atoms with E-state index in [1.807, 2.05) is 19.1 Å². The average Bonchev–Trinajstić information content (AvgIpc) is 2.67. The summed E-state index contributed by atoms with van der Waals surface area (Å²) in [7, 11) is 1.35.